The smallest absolute Gasteiger partial charge is 0.320 e. The maximum Gasteiger partial charge on any atom is 0.320 e. The summed E-state index contributed by atoms with van der Waals surface area (Å²) in [6.07, 6.45) is 2.22. The zero-order valence-electron chi connectivity index (χ0n) is 11.5. The van der Waals surface area contributed by atoms with Gasteiger partial charge in [-0.1, -0.05) is 36.7 Å². The fourth-order valence-electron chi connectivity index (χ4n) is 3.49. The molecule has 0 heterocycles. The van der Waals surface area contributed by atoms with E-state index in [-0.39, 0.29) is 27.9 Å². The molecule has 4 heteroatoms. The van der Waals surface area contributed by atoms with Crippen LogP contribution in [0.15, 0.2) is 0 Å². The van der Waals surface area contributed by atoms with Crippen molar-refractivity contribution in [1.29, 1.82) is 0 Å². The molecule has 3 nitrogen and oxygen atoms in total. The summed E-state index contributed by atoms with van der Waals surface area (Å²) in [6.45, 7) is 8.06. The molecule has 3 saturated carbocycles. The van der Waals surface area contributed by atoms with Crippen LogP contribution in [0.4, 0.5) is 0 Å². The highest BCUT2D eigenvalue weighted by molar-refractivity contribution is 9.10. The van der Waals surface area contributed by atoms with Crippen molar-refractivity contribution in [2.75, 3.05) is 0 Å². The zero-order chi connectivity index (χ0) is 13.7. The Morgan fingerprint density at radius 1 is 1.50 bits per heavy atom. The number of carbonyl (C=O) groups is 2. The number of alkyl halides is 1. The van der Waals surface area contributed by atoms with E-state index in [9.17, 15) is 9.59 Å². The van der Waals surface area contributed by atoms with Gasteiger partial charge in [-0.15, -0.1) is 0 Å². The van der Waals surface area contributed by atoms with Crippen molar-refractivity contribution in [3.8, 4) is 0 Å². The monoisotopic (exact) mass is 316 g/mol. The maximum absolute atomic E-state index is 12.2. The fraction of sp³-hybridized carbons (Fsp3) is 0.857. The van der Waals surface area contributed by atoms with Gasteiger partial charge in [0.25, 0.3) is 0 Å². The largest absolute Gasteiger partial charge is 0.450 e. The Morgan fingerprint density at radius 2 is 2.11 bits per heavy atom. The molecular formula is C14H21BrO3. The lowest BCUT2D eigenvalue weighted by atomic mass is 9.44. The molecule has 3 fully saturated rings. The molecule has 0 spiro atoms. The third-order valence-electron chi connectivity index (χ3n) is 5.05. The van der Waals surface area contributed by atoms with Crippen molar-refractivity contribution in [3.05, 3.63) is 0 Å². The average molecular weight is 317 g/mol. The number of ether oxygens (including phenoxy) is 1. The number of halogens is 1. The van der Waals surface area contributed by atoms with Gasteiger partial charge in [-0.2, -0.15) is 0 Å². The number of Topliss-reactive ketones (excluding diaryl/α,β-unsaturated/α-hetero) is 1. The van der Waals surface area contributed by atoms with Crippen LogP contribution in [-0.2, 0) is 14.3 Å². The SMILES string of the molecule is CCC(Br)C(=O)O[C@@]1(C)C(=O)C[C@H]2C[C@@H]1C2(C)C. The van der Waals surface area contributed by atoms with Crippen molar-refractivity contribution in [2.24, 2.45) is 17.3 Å². The van der Waals surface area contributed by atoms with Crippen LogP contribution >= 0.6 is 15.9 Å². The minimum atomic E-state index is -0.920. The van der Waals surface area contributed by atoms with Crippen LogP contribution in [0.5, 0.6) is 0 Å². The molecule has 0 saturated heterocycles. The summed E-state index contributed by atoms with van der Waals surface area (Å²) in [4.78, 5) is 23.8. The average Bonchev–Trinajstić information content (AvgIpc) is 2.30. The molecule has 0 aromatic carbocycles. The van der Waals surface area contributed by atoms with Crippen LogP contribution < -0.4 is 0 Å². The second-order valence-electron chi connectivity index (χ2n) is 6.34. The molecule has 0 aromatic rings. The summed E-state index contributed by atoms with van der Waals surface area (Å²) in [6, 6.07) is 0. The van der Waals surface area contributed by atoms with Crippen LogP contribution in [0.25, 0.3) is 0 Å². The molecule has 3 rings (SSSR count). The van der Waals surface area contributed by atoms with E-state index in [0.717, 1.165) is 6.42 Å². The van der Waals surface area contributed by atoms with E-state index in [1.54, 1.807) is 6.92 Å². The van der Waals surface area contributed by atoms with Gasteiger partial charge < -0.3 is 4.74 Å². The highest BCUT2D eigenvalue weighted by Crippen LogP contribution is 2.62. The van der Waals surface area contributed by atoms with Crippen molar-refractivity contribution in [1.82, 2.24) is 0 Å². The van der Waals surface area contributed by atoms with Gasteiger partial charge in [0.1, 0.15) is 4.83 Å². The number of rotatable bonds is 3. The first kappa shape index (κ1) is 14.0. The molecule has 3 aliphatic rings. The van der Waals surface area contributed by atoms with E-state index >= 15 is 0 Å². The Bertz CT molecular complexity index is 391. The number of carbonyl (C=O) groups excluding carboxylic acids is 2. The first-order valence-corrected chi connectivity index (χ1v) is 7.55. The summed E-state index contributed by atoms with van der Waals surface area (Å²) in [5.41, 5.74) is -0.812. The Balaban J connectivity index is 2.18. The number of hydrogen-bond acceptors (Lipinski definition) is 3. The maximum atomic E-state index is 12.2. The van der Waals surface area contributed by atoms with Crippen molar-refractivity contribution < 1.29 is 14.3 Å². The van der Waals surface area contributed by atoms with Crippen LogP contribution in [0.3, 0.4) is 0 Å². The summed E-state index contributed by atoms with van der Waals surface area (Å²) >= 11 is 3.29. The minimum Gasteiger partial charge on any atom is -0.450 e. The number of esters is 1. The highest BCUT2D eigenvalue weighted by atomic mass is 79.9. The summed E-state index contributed by atoms with van der Waals surface area (Å²) in [7, 11) is 0. The molecule has 0 radical (unpaired) electrons. The fourth-order valence-corrected chi connectivity index (χ4v) is 3.58. The van der Waals surface area contributed by atoms with E-state index in [1.165, 1.54) is 0 Å². The number of fused-ring (bicyclic) bond motifs is 2. The van der Waals surface area contributed by atoms with Gasteiger partial charge in [-0.3, -0.25) is 9.59 Å². The number of ketones is 1. The molecule has 0 aliphatic heterocycles. The van der Waals surface area contributed by atoms with Gasteiger partial charge in [0.05, 0.1) is 0 Å². The molecule has 3 aliphatic carbocycles. The standard InChI is InChI=1S/C14H21BrO3/c1-5-9(15)12(17)18-14(4)10-6-8(7-11(14)16)13(10,2)3/h8-10H,5-7H2,1-4H3/t8-,9?,10-,14-/m1/s1. The van der Waals surface area contributed by atoms with Gasteiger partial charge in [0.2, 0.25) is 0 Å². The minimum absolute atomic E-state index is 0.0900. The first-order chi connectivity index (χ1) is 8.23. The first-order valence-electron chi connectivity index (χ1n) is 6.63. The van der Waals surface area contributed by atoms with E-state index in [4.69, 9.17) is 4.74 Å². The Kier molecular flexibility index (Phi) is 3.37. The quantitative estimate of drug-likeness (QED) is 0.593. The van der Waals surface area contributed by atoms with Crippen LogP contribution in [0.2, 0.25) is 0 Å². The molecule has 1 unspecified atom stereocenters. The molecule has 0 amide bonds. The zero-order valence-corrected chi connectivity index (χ0v) is 13.0. The van der Waals surface area contributed by atoms with Crippen molar-refractivity contribution >= 4 is 27.7 Å². The van der Waals surface area contributed by atoms with E-state index in [1.807, 2.05) is 6.92 Å². The Labute approximate surface area is 117 Å². The third-order valence-corrected chi connectivity index (χ3v) is 6.07. The molecule has 18 heavy (non-hydrogen) atoms. The highest BCUT2D eigenvalue weighted by Gasteiger charge is 2.65. The predicted molar refractivity (Wildman–Crippen MR) is 72.5 cm³/mol. The van der Waals surface area contributed by atoms with Gasteiger partial charge in [-0.25, -0.2) is 0 Å². The molecule has 4 atom stereocenters. The third kappa shape index (κ3) is 1.84. The number of hydrogen-bond donors (Lipinski definition) is 0. The van der Waals surface area contributed by atoms with Crippen LogP contribution in [-0.4, -0.2) is 22.2 Å². The van der Waals surface area contributed by atoms with Gasteiger partial charge in [0.15, 0.2) is 11.4 Å². The second kappa shape index (κ2) is 4.32. The van der Waals surface area contributed by atoms with E-state index in [2.05, 4.69) is 29.8 Å². The van der Waals surface area contributed by atoms with Crippen molar-refractivity contribution in [2.45, 2.75) is 57.4 Å². The second-order valence-corrected chi connectivity index (χ2v) is 7.44. The van der Waals surface area contributed by atoms with Gasteiger partial charge in [-0.05, 0) is 31.1 Å². The van der Waals surface area contributed by atoms with Crippen LogP contribution in [0, 0.1) is 17.3 Å². The predicted octanol–water partition coefficient (Wildman–Crippen LogP) is 3.10. The summed E-state index contributed by atoms with van der Waals surface area (Å²) < 4.78 is 5.59. The van der Waals surface area contributed by atoms with E-state index < -0.39 is 5.60 Å². The summed E-state index contributed by atoms with van der Waals surface area (Å²) in [5.74, 6) is 0.409. The van der Waals surface area contributed by atoms with Gasteiger partial charge in [0, 0.05) is 12.3 Å². The van der Waals surface area contributed by atoms with Crippen LogP contribution in [0.1, 0.15) is 47.0 Å². The lowest BCUT2D eigenvalue weighted by Crippen LogP contribution is -2.66. The normalized spacial score (nSPS) is 38.8. The Morgan fingerprint density at radius 3 is 2.61 bits per heavy atom. The lowest BCUT2D eigenvalue weighted by molar-refractivity contribution is -0.213. The molecule has 102 valence electrons. The molecule has 2 bridgehead atoms. The Hall–Kier alpha value is -0.380. The molecule has 0 N–H and O–H groups in total. The lowest BCUT2D eigenvalue weighted by Gasteiger charge is -2.62. The van der Waals surface area contributed by atoms with Crippen molar-refractivity contribution in [3.63, 3.8) is 0 Å². The summed E-state index contributed by atoms with van der Waals surface area (Å²) in [5, 5.41) is 0. The molecular weight excluding hydrogens is 296 g/mol. The van der Waals surface area contributed by atoms with Gasteiger partial charge >= 0.3 is 5.97 Å². The van der Waals surface area contributed by atoms with E-state index in [0.29, 0.717) is 18.8 Å². The topological polar surface area (TPSA) is 43.4 Å². The molecule has 0 aromatic heterocycles.